The minimum absolute atomic E-state index is 0.0900. The van der Waals surface area contributed by atoms with Gasteiger partial charge in [0.1, 0.15) is 11.5 Å². The van der Waals surface area contributed by atoms with Gasteiger partial charge in [0, 0.05) is 23.0 Å². The van der Waals surface area contributed by atoms with Gasteiger partial charge < -0.3 is 10.2 Å². The van der Waals surface area contributed by atoms with Gasteiger partial charge in [0.05, 0.1) is 12.4 Å². The molecule has 30 heavy (non-hydrogen) atoms. The van der Waals surface area contributed by atoms with Gasteiger partial charge in [-0.2, -0.15) is 10.2 Å². The Bertz CT molecular complexity index is 872. The van der Waals surface area contributed by atoms with Gasteiger partial charge in [0.2, 0.25) is 11.8 Å². The number of nitrogens with zero attached hydrogens (tertiary/aromatic N) is 2. The lowest BCUT2D eigenvalue weighted by Gasteiger charge is -2.25. The number of hydrogen-bond acceptors (Lipinski definition) is 6. The molecule has 1 fully saturated rings. The first-order chi connectivity index (χ1) is 14.5. The number of amides is 2. The average Bonchev–Trinajstić information content (AvgIpc) is 2.76. The lowest BCUT2D eigenvalue weighted by Crippen LogP contribution is -2.35. The van der Waals surface area contributed by atoms with Crippen molar-refractivity contribution in [1.82, 2.24) is 10.9 Å². The molecule has 0 unspecified atom stereocenters. The minimum Gasteiger partial charge on any atom is -0.507 e. The van der Waals surface area contributed by atoms with E-state index < -0.39 is 0 Å². The SMILES string of the molecule is O=C(N/N=C\c1ccccc1O)C1CCC(C(=O)N/N=C\c2ccccc2O)CC1. The molecule has 2 aromatic rings. The van der Waals surface area contributed by atoms with E-state index in [1.807, 2.05) is 0 Å². The van der Waals surface area contributed by atoms with Crippen molar-refractivity contribution in [2.24, 2.45) is 22.0 Å². The zero-order valence-corrected chi connectivity index (χ0v) is 16.4. The van der Waals surface area contributed by atoms with Crippen LogP contribution < -0.4 is 10.9 Å². The van der Waals surface area contributed by atoms with Crippen molar-refractivity contribution in [2.45, 2.75) is 25.7 Å². The highest BCUT2D eigenvalue weighted by Crippen LogP contribution is 2.29. The Morgan fingerprint density at radius 2 is 1.10 bits per heavy atom. The van der Waals surface area contributed by atoms with Gasteiger partial charge in [-0.15, -0.1) is 0 Å². The molecular weight excluding hydrogens is 384 g/mol. The van der Waals surface area contributed by atoms with Gasteiger partial charge in [0.15, 0.2) is 0 Å². The average molecular weight is 408 g/mol. The van der Waals surface area contributed by atoms with E-state index in [0.29, 0.717) is 36.8 Å². The summed E-state index contributed by atoms with van der Waals surface area (Å²) in [4.78, 5) is 24.6. The lowest BCUT2D eigenvalue weighted by atomic mass is 9.81. The first-order valence-electron chi connectivity index (χ1n) is 9.76. The van der Waals surface area contributed by atoms with Crippen LogP contribution in [0.5, 0.6) is 11.5 Å². The van der Waals surface area contributed by atoms with Crippen LogP contribution in [0.15, 0.2) is 58.7 Å². The maximum atomic E-state index is 12.3. The number of phenols is 2. The third kappa shape index (κ3) is 5.66. The fourth-order valence-electron chi connectivity index (χ4n) is 3.32. The van der Waals surface area contributed by atoms with Crippen LogP contribution in [0.3, 0.4) is 0 Å². The van der Waals surface area contributed by atoms with E-state index in [4.69, 9.17) is 0 Å². The molecule has 0 aliphatic heterocycles. The van der Waals surface area contributed by atoms with E-state index in [9.17, 15) is 19.8 Å². The van der Waals surface area contributed by atoms with E-state index in [-0.39, 0.29) is 35.1 Å². The Hall–Kier alpha value is -3.68. The molecule has 1 saturated carbocycles. The molecular formula is C22H24N4O4. The molecule has 3 rings (SSSR count). The van der Waals surface area contributed by atoms with Crippen LogP contribution in [0.2, 0.25) is 0 Å². The number of carbonyl (C=O) groups is 2. The second-order valence-corrected chi connectivity index (χ2v) is 7.13. The molecule has 156 valence electrons. The van der Waals surface area contributed by atoms with Gasteiger partial charge >= 0.3 is 0 Å². The van der Waals surface area contributed by atoms with Crippen LogP contribution in [0.1, 0.15) is 36.8 Å². The molecule has 0 radical (unpaired) electrons. The number of benzene rings is 2. The summed E-state index contributed by atoms with van der Waals surface area (Å²) in [7, 11) is 0. The van der Waals surface area contributed by atoms with Gasteiger partial charge in [-0.3, -0.25) is 9.59 Å². The molecule has 0 bridgehead atoms. The van der Waals surface area contributed by atoms with Crippen molar-refractivity contribution >= 4 is 24.2 Å². The van der Waals surface area contributed by atoms with Crippen LogP contribution in [0.4, 0.5) is 0 Å². The summed E-state index contributed by atoms with van der Waals surface area (Å²) in [6.07, 6.45) is 5.13. The van der Waals surface area contributed by atoms with Crippen LogP contribution in [-0.4, -0.2) is 34.5 Å². The molecule has 8 nitrogen and oxygen atoms in total. The third-order valence-corrected chi connectivity index (χ3v) is 5.10. The first kappa shape index (κ1) is 21.0. The first-order valence-corrected chi connectivity index (χ1v) is 9.76. The third-order valence-electron chi connectivity index (χ3n) is 5.10. The molecule has 1 aliphatic carbocycles. The number of aromatic hydroxyl groups is 2. The van der Waals surface area contributed by atoms with Gasteiger partial charge in [-0.05, 0) is 49.9 Å². The summed E-state index contributed by atoms with van der Waals surface area (Å²) in [5.41, 5.74) is 6.04. The second-order valence-electron chi connectivity index (χ2n) is 7.13. The Kier molecular flexibility index (Phi) is 7.15. The summed E-state index contributed by atoms with van der Waals surface area (Å²) in [6, 6.07) is 13.4. The van der Waals surface area contributed by atoms with Crippen molar-refractivity contribution in [2.75, 3.05) is 0 Å². The predicted octanol–water partition coefficient (Wildman–Crippen LogP) is 2.50. The quantitative estimate of drug-likeness (QED) is 0.433. The monoisotopic (exact) mass is 408 g/mol. The lowest BCUT2D eigenvalue weighted by molar-refractivity contribution is -0.130. The molecule has 2 aromatic carbocycles. The van der Waals surface area contributed by atoms with Gasteiger partial charge in [-0.1, -0.05) is 24.3 Å². The van der Waals surface area contributed by atoms with Crippen molar-refractivity contribution in [3.05, 3.63) is 59.7 Å². The fraction of sp³-hybridized carbons (Fsp3) is 0.273. The van der Waals surface area contributed by atoms with E-state index in [2.05, 4.69) is 21.1 Å². The zero-order chi connectivity index (χ0) is 21.3. The molecule has 0 saturated heterocycles. The number of hydrogen-bond donors (Lipinski definition) is 4. The van der Waals surface area contributed by atoms with E-state index in [1.54, 1.807) is 48.5 Å². The fourth-order valence-corrected chi connectivity index (χ4v) is 3.32. The van der Waals surface area contributed by atoms with Crippen molar-refractivity contribution in [3.8, 4) is 11.5 Å². The highest BCUT2D eigenvalue weighted by atomic mass is 16.3. The maximum Gasteiger partial charge on any atom is 0.243 e. The molecule has 4 N–H and O–H groups in total. The van der Waals surface area contributed by atoms with Crippen LogP contribution in [-0.2, 0) is 9.59 Å². The van der Waals surface area contributed by atoms with Crippen molar-refractivity contribution in [1.29, 1.82) is 0 Å². The molecule has 1 aliphatic rings. The topological polar surface area (TPSA) is 123 Å². The predicted molar refractivity (Wildman–Crippen MR) is 113 cm³/mol. The number of rotatable bonds is 6. The number of para-hydroxylation sites is 2. The molecule has 8 heteroatoms. The second kappa shape index (κ2) is 10.2. The largest absolute Gasteiger partial charge is 0.507 e. The van der Waals surface area contributed by atoms with E-state index in [0.717, 1.165) is 0 Å². The van der Waals surface area contributed by atoms with Crippen molar-refractivity contribution < 1.29 is 19.8 Å². The van der Waals surface area contributed by atoms with Crippen LogP contribution in [0.25, 0.3) is 0 Å². The van der Waals surface area contributed by atoms with E-state index >= 15 is 0 Å². The molecule has 0 atom stereocenters. The standard InChI is InChI=1S/C22H24N4O4/c27-19-7-3-1-5-17(19)13-23-25-21(29)15-9-11-16(12-10-15)22(30)26-24-14-18-6-2-4-8-20(18)28/h1-8,13-16,27-28H,9-12H2,(H,25,29)(H,26,30)/b23-13-,24-14-. The number of carbonyl (C=O) groups excluding carboxylic acids is 2. The van der Waals surface area contributed by atoms with Crippen molar-refractivity contribution in [3.63, 3.8) is 0 Å². The normalized spacial score (nSPS) is 19.1. The highest BCUT2D eigenvalue weighted by Gasteiger charge is 2.29. The number of phenolic OH excluding ortho intramolecular Hbond substituents is 2. The molecule has 0 heterocycles. The summed E-state index contributed by atoms with van der Waals surface area (Å²) in [6.45, 7) is 0. The smallest absolute Gasteiger partial charge is 0.243 e. The maximum absolute atomic E-state index is 12.3. The Balaban J connectivity index is 1.42. The molecule has 0 aromatic heterocycles. The minimum atomic E-state index is -0.208. The summed E-state index contributed by atoms with van der Waals surface area (Å²) < 4.78 is 0. The van der Waals surface area contributed by atoms with E-state index in [1.165, 1.54) is 12.4 Å². The zero-order valence-electron chi connectivity index (χ0n) is 16.4. The Morgan fingerprint density at radius 1 is 0.733 bits per heavy atom. The van der Waals surface area contributed by atoms with Crippen LogP contribution in [0, 0.1) is 11.8 Å². The van der Waals surface area contributed by atoms with Gasteiger partial charge in [-0.25, -0.2) is 10.9 Å². The summed E-state index contributed by atoms with van der Waals surface area (Å²) >= 11 is 0. The summed E-state index contributed by atoms with van der Waals surface area (Å²) in [5.74, 6) is -0.629. The molecule has 0 spiro atoms. The number of hydrazone groups is 2. The number of nitrogens with one attached hydrogen (secondary N) is 2. The Morgan fingerprint density at radius 3 is 1.47 bits per heavy atom. The van der Waals surface area contributed by atoms with Crippen LogP contribution >= 0.6 is 0 Å². The summed E-state index contributed by atoms with van der Waals surface area (Å²) in [5, 5.41) is 27.2. The molecule has 2 amide bonds. The van der Waals surface area contributed by atoms with Gasteiger partial charge in [0.25, 0.3) is 0 Å². The Labute approximate surface area is 174 Å². The highest BCUT2D eigenvalue weighted by molar-refractivity contribution is 5.87.